The van der Waals surface area contributed by atoms with Crippen LogP contribution in [-0.4, -0.2) is 10.7 Å². The van der Waals surface area contributed by atoms with Gasteiger partial charge in [0, 0.05) is 17.5 Å². The van der Waals surface area contributed by atoms with E-state index in [0.717, 1.165) is 41.1 Å². The smallest absolute Gasteiger partial charge is 0.123 e. The lowest BCUT2D eigenvalue weighted by molar-refractivity contribution is 0.628. The zero-order chi connectivity index (χ0) is 17.6. The van der Waals surface area contributed by atoms with Crippen LogP contribution >= 0.6 is 11.8 Å². The molecule has 1 aliphatic heterocycles. The summed E-state index contributed by atoms with van der Waals surface area (Å²) >= 11 is 1.71. The number of hydrogen-bond donors (Lipinski definition) is 0. The Morgan fingerprint density at radius 3 is 2.56 bits per heavy atom. The Hall–Kier alpha value is -1.94. The van der Waals surface area contributed by atoms with Gasteiger partial charge in [-0.2, -0.15) is 0 Å². The zero-order valence-corrected chi connectivity index (χ0v) is 15.6. The highest BCUT2D eigenvalue weighted by Crippen LogP contribution is 2.38. The van der Waals surface area contributed by atoms with Crippen LogP contribution in [0, 0.1) is 12.7 Å². The maximum absolute atomic E-state index is 13.2. The van der Waals surface area contributed by atoms with Crippen LogP contribution in [0.25, 0.3) is 0 Å². The first kappa shape index (κ1) is 17.9. The van der Waals surface area contributed by atoms with Gasteiger partial charge < -0.3 is 0 Å². The number of hydrogen-bond acceptors (Lipinski definition) is 3. The molecule has 1 aromatic heterocycles. The van der Waals surface area contributed by atoms with E-state index in [0.29, 0.717) is 0 Å². The van der Waals surface area contributed by atoms with Gasteiger partial charge in [-0.05, 0) is 49.1 Å². The van der Waals surface area contributed by atoms with E-state index in [1.165, 1.54) is 35.6 Å². The summed E-state index contributed by atoms with van der Waals surface area (Å²) < 4.78 is 13.2. The quantitative estimate of drug-likeness (QED) is 0.545. The first-order chi connectivity index (χ1) is 12.2. The molecule has 0 unspecified atom stereocenters. The van der Waals surface area contributed by atoms with Crippen molar-refractivity contribution in [3.8, 4) is 0 Å². The van der Waals surface area contributed by atoms with E-state index in [-0.39, 0.29) is 5.82 Å². The van der Waals surface area contributed by atoms with E-state index in [1.54, 1.807) is 11.8 Å². The number of aliphatic imine (C=N–C) groups is 1. The first-order valence-electron chi connectivity index (χ1n) is 8.81. The summed E-state index contributed by atoms with van der Waals surface area (Å²) in [5.41, 5.74) is 4.36. The Morgan fingerprint density at radius 1 is 1.08 bits per heavy atom. The molecule has 0 amide bonds. The van der Waals surface area contributed by atoms with E-state index < -0.39 is 0 Å². The molecule has 2 heterocycles. The van der Waals surface area contributed by atoms with Gasteiger partial charge in [0.05, 0.1) is 11.4 Å². The second-order valence-electron chi connectivity index (χ2n) is 6.34. The van der Waals surface area contributed by atoms with Crippen molar-refractivity contribution in [1.29, 1.82) is 0 Å². The van der Waals surface area contributed by atoms with Gasteiger partial charge in [-0.25, -0.2) is 9.37 Å². The SMILES string of the molecule is CCCCCC1=C(Sc2ccc(C)cn2)CC(c2ccc(F)cc2)=N1. The number of allylic oxidation sites excluding steroid dienone is 2. The summed E-state index contributed by atoms with van der Waals surface area (Å²) in [5.74, 6) is -0.211. The van der Waals surface area contributed by atoms with Gasteiger partial charge in [0.1, 0.15) is 10.8 Å². The Morgan fingerprint density at radius 2 is 1.88 bits per heavy atom. The Bertz CT molecular complexity index is 777. The second-order valence-corrected chi connectivity index (χ2v) is 7.46. The highest BCUT2D eigenvalue weighted by atomic mass is 32.2. The highest BCUT2D eigenvalue weighted by molar-refractivity contribution is 8.03. The zero-order valence-electron chi connectivity index (χ0n) is 14.8. The Balaban J connectivity index is 1.79. The second kappa shape index (κ2) is 8.43. The van der Waals surface area contributed by atoms with E-state index in [2.05, 4.69) is 24.0 Å². The number of halogens is 1. The average molecular weight is 354 g/mol. The van der Waals surface area contributed by atoms with Crippen molar-refractivity contribution in [2.45, 2.75) is 51.0 Å². The minimum absolute atomic E-state index is 0.211. The number of aryl methyl sites for hydroxylation is 1. The molecule has 0 bridgehead atoms. The van der Waals surface area contributed by atoms with Gasteiger partial charge in [-0.15, -0.1) is 0 Å². The molecule has 0 radical (unpaired) electrons. The van der Waals surface area contributed by atoms with E-state index in [9.17, 15) is 4.39 Å². The molecular formula is C21H23FN2S. The molecule has 3 rings (SSSR count). The van der Waals surface area contributed by atoms with Crippen LogP contribution < -0.4 is 0 Å². The summed E-state index contributed by atoms with van der Waals surface area (Å²) in [7, 11) is 0. The fraction of sp³-hybridized carbons (Fsp3) is 0.333. The van der Waals surface area contributed by atoms with E-state index in [1.807, 2.05) is 25.3 Å². The average Bonchev–Trinajstić information content (AvgIpc) is 3.01. The Labute approximate surface area is 153 Å². The minimum atomic E-state index is -0.211. The van der Waals surface area contributed by atoms with Gasteiger partial charge in [0.2, 0.25) is 0 Å². The third kappa shape index (κ3) is 4.79. The van der Waals surface area contributed by atoms with Crippen molar-refractivity contribution in [1.82, 2.24) is 4.98 Å². The third-order valence-corrected chi connectivity index (χ3v) is 5.30. The normalized spacial score (nSPS) is 14.1. The van der Waals surface area contributed by atoms with E-state index in [4.69, 9.17) is 4.99 Å². The summed E-state index contributed by atoms with van der Waals surface area (Å²) in [6.45, 7) is 4.25. The van der Waals surface area contributed by atoms with Gasteiger partial charge in [-0.3, -0.25) is 4.99 Å². The molecule has 4 heteroatoms. The van der Waals surface area contributed by atoms with Crippen molar-refractivity contribution in [3.05, 3.63) is 70.1 Å². The number of nitrogens with zero attached hydrogens (tertiary/aromatic N) is 2. The van der Waals surface area contributed by atoms with Gasteiger partial charge >= 0.3 is 0 Å². The molecule has 2 aromatic rings. The number of benzene rings is 1. The van der Waals surface area contributed by atoms with Gasteiger partial charge in [0.25, 0.3) is 0 Å². The molecule has 25 heavy (non-hydrogen) atoms. The summed E-state index contributed by atoms with van der Waals surface area (Å²) in [6, 6.07) is 10.8. The largest absolute Gasteiger partial charge is 0.256 e. The van der Waals surface area contributed by atoms with Gasteiger partial charge in [0.15, 0.2) is 0 Å². The topological polar surface area (TPSA) is 25.2 Å². The molecule has 0 atom stereocenters. The molecule has 0 saturated carbocycles. The molecule has 0 fully saturated rings. The maximum Gasteiger partial charge on any atom is 0.123 e. The molecule has 0 N–H and O–H groups in total. The molecular weight excluding hydrogens is 331 g/mol. The monoisotopic (exact) mass is 354 g/mol. The van der Waals surface area contributed by atoms with Crippen LogP contribution in [-0.2, 0) is 0 Å². The predicted octanol–water partition coefficient (Wildman–Crippen LogP) is 6.31. The van der Waals surface area contributed by atoms with Crippen LogP contribution in [0.2, 0.25) is 0 Å². The molecule has 0 saturated heterocycles. The van der Waals surface area contributed by atoms with Crippen molar-refractivity contribution < 1.29 is 4.39 Å². The van der Waals surface area contributed by atoms with E-state index >= 15 is 0 Å². The molecule has 0 spiro atoms. The minimum Gasteiger partial charge on any atom is -0.256 e. The van der Waals surface area contributed by atoms with Crippen LogP contribution in [0.4, 0.5) is 4.39 Å². The van der Waals surface area contributed by atoms with Crippen LogP contribution in [0.15, 0.2) is 63.2 Å². The van der Waals surface area contributed by atoms with Crippen molar-refractivity contribution in [2.24, 2.45) is 4.99 Å². The van der Waals surface area contributed by atoms with Crippen LogP contribution in [0.1, 0.15) is 50.2 Å². The molecule has 2 nitrogen and oxygen atoms in total. The lowest BCUT2D eigenvalue weighted by atomic mass is 10.1. The van der Waals surface area contributed by atoms with Crippen molar-refractivity contribution in [3.63, 3.8) is 0 Å². The lowest BCUT2D eigenvalue weighted by Crippen LogP contribution is -1.97. The fourth-order valence-corrected chi connectivity index (χ4v) is 3.77. The maximum atomic E-state index is 13.2. The standard InChI is InChI=1S/C21H23FN2S/c1-3-4-5-6-18-20(25-21-12-7-15(2)14-23-21)13-19(24-18)16-8-10-17(22)11-9-16/h7-12,14H,3-6,13H2,1-2H3. The van der Waals surface area contributed by atoms with Gasteiger partial charge in [-0.1, -0.05) is 49.7 Å². The summed E-state index contributed by atoms with van der Waals surface area (Å²) in [4.78, 5) is 10.7. The number of pyridine rings is 1. The summed E-state index contributed by atoms with van der Waals surface area (Å²) in [6.07, 6.45) is 7.25. The predicted molar refractivity (Wildman–Crippen MR) is 104 cm³/mol. The number of rotatable bonds is 7. The lowest BCUT2D eigenvalue weighted by Gasteiger charge is -2.06. The van der Waals surface area contributed by atoms with Crippen LogP contribution in [0.5, 0.6) is 0 Å². The van der Waals surface area contributed by atoms with Crippen molar-refractivity contribution >= 4 is 17.5 Å². The Kier molecular flexibility index (Phi) is 6.03. The molecule has 130 valence electrons. The third-order valence-electron chi connectivity index (χ3n) is 4.23. The highest BCUT2D eigenvalue weighted by Gasteiger charge is 2.20. The molecule has 1 aliphatic rings. The first-order valence-corrected chi connectivity index (χ1v) is 9.63. The molecule has 0 aliphatic carbocycles. The molecule has 1 aromatic carbocycles. The van der Waals surface area contributed by atoms with Crippen molar-refractivity contribution in [2.75, 3.05) is 0 Å². The number of thioether (sulfide) groups is 1. The number of aromatic nitrogens is 1. The summed E-state index contributed by atoms with van der Waals surface area (Å²) in [5, 5.41) is 1.00. The number of unbranched alkanes of at least 4 members (excludes halogenated alkanes) is 2. The fourth-order valence-electron chi connectivity index (χ4n) is 2.80. The van der Waals surface area contributed by atoms with Crippen LogP contribution in [0.3, 0.4) is 0 Å².